The zero-order valence-corrected chi connectivity index (χ0v) is 8.92. The SMILES string of the molecule is CC(=O)c1ccc(Cl)c(C=O)c1OC(F)F. The second-order valence-corrected chi connectivity index (χ2v) is 3.30. The van der Waals surface area contributed by atoms with Crippen molar-refractivity contribution in [1.29, 1.82) is 0 Å². The second-order valence-electron chi connectivity index (χ2n) is 2.89. The van der Waals surface area contributed by atoms with Gasteiger partial charge in [0, 0.05) is 0 Å². The molecule has 0 radical (unpaired) electrons. The molecule has 0 saturated heterocycles. The van der Waals surface area contributed by atoms with Crippen molar-refractivity contribution in [1.82, 2.24) is 0 Å². The van der Waals surface area contributed by atoms with E-state index in [-0.39, 0.29) is 22.4 Å². The van der Waals surface area contributed by atoms with Crippen LogP contribution < -0.4 is 4.74 Å². The molecule has 0 heterocycles. The van der Waals surface area contributed by atoms with Gasteiger partial charge >= 0.3 is 6.61 Å². The minimum Gasteiger partial charge on any atom is -0.433 e. The summed E-state index contributed by atoms with van der Waals surface area (Å²) >= 11 is 5.62. The van der Waals surface area contributed by atoms with Gasteiger partial charge in [-0.2, -0.15) is 8.78 Å². The molecular formula is C10H7ClF2O3. The summed E-state index contributed by atoms with van der Waals surface area (Å²) in [6, 6.07) is 2.51. The van der Waals surface area contributed by atoms with E-state index in [9.17, 15) is 18.4 Å². The number of benzene rings is 1. The van der Waals surface area contributed by atoms with Crippen LogP contribution in [-0.2, 0) is 0 Å². The lowest BCUT2D eigenvalue weighted by Crippen LogP contribution is -2.09. The molecule has 0 spiro atoms. The molecule has 0 aliphatic carbocycles. The largest absolute Gasteiger partial charge is 0.433 e. The highest BCUT2D eigenvalue weighted by Crippen LogP contribution is 2.30. The fourth-order valence-corrected chi connectivity index (χ4v) is 1.37. The van der Waals surface area contributed by atoms with E-state index in [2.05, 4.69) is 4.74 Å². The number of ether oxygens (including phenoxy) is 1. The fourth-order valence-electron chi connectivity index (χ4n) is 1.18. The Labute approximate surface area is 95.0 Å². The smallest absolute Gasteiger partial charge is 0.387 e. The molecule has 0 amide bonds. The monoisotopic (exact) mass is 248 g/mol. The number of rotatable bonds is 4. The van der Waals surface area contributed by atoms with Crippen molar-refractivity contribution in [3.8, 4) is 5.75 Å². The van der Waals surface area contributed by atoms with Gasteiger partial charge < -0.3 is 4.74 Å². The van der Waals surface area contributed by atoms with Crippen LogP contribution in [0.15, 0.2) is 12.1 Å². The first-order valence-electron chi connectivity index (χ1n) is 4.20. The van der Waals surface area contributed by atoms with E-state index in [1.54, 1.807) is 0 Å². The van der Waals surface area contributed by atoms with Gasteiger partial charge in [0.25, 0.3) is 0 Å². The van der Waals surface area contributed by atoms with Crippen molar-refractivity contribution in [2.45, 2.75) is 13.5 Å². The van der Waals surface area contributed by atoms with Crippen LogP contribution in [0.1, 0.15) is 27.6 Å². The average Bonchev–Trinajstić information content (AvgIpc) is 2.16. The maximum absolute atomic E-state index is 12.1. The van der Waals surface area contributed by atoms with Crippen LogP contribution in [0.3, 0.4) is 0 Å². The number of hydrogen-bond donors (Lipinski definition) is 0. The van der Waals surface area contributed by atoms with Gasteiger partial charge in [0.1, 0.15) is 5.75 Å². The summed E-state index contributed by atoms with van der Waals surface area (Å²) in [6.45, 7) is -1.95. The Bertz CT molecular complexity index is 432. The summed E-state index contributed by atoms with van der Waals surface area (Å²) < 4.78 is 28.4. The number of halogens is 3. The van der Waals surface area contributed by atoms with Crippen molar-refractivity contribution in [2.24, 2.45) is 0 Å². The number of carbonyl (C=O) groups excluding carboxylic acids is 2. The number of Topliss-reactive ketones (excluding diaryl/α,β-unsaturated/α-hetero) is 1. The Kier molecular flexibility index (Phi) is 3.95. The number of carbonyl (C=O) groups is 2. The Balaban J connectivity index is 3.40. The Morgan fingerprint density at radius 3 is 2.56 bits per heavy atom. The maximum Gasteiger partial charge on any atom is 0.387 e. The molecule has 0 saturated carbocycles. The quantitative estimate of drug-likeness (QED) is 0.608. The second kappa shape index (κ2) is 5.03. The minimum absolute atomic E-state index is 0.0457. The van der Waals surface area contributed by atoms with Crippen molar-refractivity contribution >= 4 is 23.7 Å². The Morgan fingerprint density at radius 2 is 2.12 bits per heavy atom. The normalized spacial score (nSPS) is 10.3. The lowest BCUT2D eigenvalue weighted by atomic mass is 10.1. The van der Waals surface area contributed by atoms with Crippen LogP contribution in [0.2, 0.25) is 5.02 Å². The molecule has 0 bridgehead atoms. The predicted molar refractivity (Wildman–Crippen MR) is 53.5 cm³/mol. The molecule has 0 aliphatic heterocycles. The topological polar surface area (TPSA) is 43.4 Å². The van der Waals surface area contributed by atoms with E-state index >= 15 is 0 Å². The first-order chi connectivity index (χ1) is 7.47. The first kappa shape index (κ1) is 12.6. The first-order valence-corrected chi connectivity index (χ1v) is 4.58. The number of ketones is 1. The van der Waals surface area contributed by atoms with Gasteiger partial charge in [-0.15, -0.1) is 0 Å². The van der Waals surface area contributed by atoms with Crippen molar-refractivity contribution in [3.63, 3.8) is 0 Å². The molecule has 16 heavy (non-hydrogen) atoms. The highest BCUT2D eigenvalue weighted by molar-refractivity contribution is 6.33. The summed E-state index contributed by atoms with van der Waals surface area (Å²) in [4.78, 5) is 21.8. The van der Waals surface area contributed by atoms with Gasteiger partial charge in [0.05, 0.1) is 16.1 Å². The molecule has 0 fully saturated rings. The van der Waals surface area contributed by atoms with Gasteiger partial charge in [-0.05, 0) is 19.1 Å². The van der Waals surface area contributed by atoms with E-state index < -0.39 is 18.1 Å². The zero-order valence-electron chi connectivity index (χ0n) is 8.17. The third-order valence-electron chi connectivity index (χ3n) is 1.85. The average molecular weight is 249 g/mol. The maximum atomic E-state index is 12.1. The van der Waals surface area contributed by atoms with Gasteiger partial charge in [-0.1, -0.05) is 11.6 Å². The van der Waals surface area contributed by atoms with Gasteiger partial charge in [-0.25, -0.2) is 0 Å². The fraction of sp³-hybridized carbons (Fsp3) is 0.200. The molecule has 0 N–H and O–H groups in total. The highest BCUT2D eigenvalue weighted by Gasteiger charge is 2.19. The van der Waals surface area contributed by atoms with Crippen LogP contribution in [0.5, 0.6) is 5.75 Å². The van der Waals surface area contributed by atoms with Crippen LogP contribution in [0, 0.1) is 0 Å². The van der Waals surface area contributed by atoms with E-state index in [4.69, 9.17) is 11.6 Å². The molecule has 6 heteroatoms. The van der Waals surface area contributed by atoms with E-state index in [1.807, 2.05) is 0 Å². The van der Waals surface area contributed by atoms with Crippen molar-refractivity contribution in [2.75, 3.05) is 0 Å². The predicted octanol–water partition coefficient (Wildman–Crippen LogP) is 2.96. The summed E-state index contributed by atoms with van der Waals surface area (Å²) in [7, 11) is 0. The van der Waals surface area contributed by atoms with Crippen LogP contribution >= 0.6 is 11.6 Å². The Hall–Kier alpha value is -1.49. The van der Waals surface area contributed by atoms with E-state index in [1.165, 1.54) is 19.1 Å². The lowest BCUT2D eigenvalue weighted by molar-refractivity contribution is -0.0503. The molecule has 1 rings (SSSR count). The summed E-state index contributed by atoms with van der Waals surface area (Å²) in [5.41, 5.74) is -0.360. The third kappa shape index (κ3) is 2.55. The van der Waals surface area contributed by atoms with Gasteiger partial charge in [0.15, 0.2) is 12.1 Å². The van der Waals surface area contributed by atoms with Gasteiger partial charge in [-0.3, -0.25) is 9.59 Å². The van der Waals surface area contributed by atoms with Crippen LogP contribution in [-0.4, -0.2) is 18.7 Å². The number of hydrogen-bond acceptors (Lipinski definition) is 3. The van der Waals surface area contributed by atoms with Gasteiger partial charge in [0.2, 0.25) is 0 Å². The third-order valence-corrected chi connectivity index (χ3v) is 2.18. The van der Waals surface area contributed by atoms with Crippen LogP contribution in [0.25, 0.3) is 0 Å². The molecule has 1 aromatic carbocycles. The highest BCUT2D eigenvalue weighted by atomic mass is 35.5. The summed E-state index contributed by atoms with van der Waals surface area (Å²) in [6.07, 6.45) is 0.270. The lowest BCUT2D eigenvalue weighted by Gasteiger charge is -2.11. The van der Waals surface area contributed by atoms with Crippen molar-refractivity contribution < 1.29 is 23.1 Å². The molecule has 0 unspecified atom stereocenters. The van der Waals surface area contributed by atoms with Crippen LogP contribution in [0.4, 0.5) is 8.78 Å². The van der Waals surface area contributed by atoms with Crippen molar-refractivity contribution in [3.05, 3.63) is 28.3 Å². The van der Waals surface area contributed by atoms with E-state index in [0.717, 1.165) is 0 Å². The molecule has 1 aromatic rings. The molecule has 0 aromatic heterocycles. The molecule has 3 nitrogen and oxygen atoms in total. The Morgan fingerprint density at radius 1 is 1.50 bits per heavy atom. The summed E-state index contributed by atoms with van der Waals surface area (Å²) in [5.74, 6) is -0.972. The number of alkyl halides is 2. The summed E-state index contributed by atoms with van der Waals surface area (Å²) in [5, 5.41) is -0.0457. The molecule has 0 atom stereocenters. The standard InChI is InChI=1S/C10H7ClF2O3/c1-5(15)6-2-3-8(11)7(4-14)9(6)16-10(12)13/h2-4,10H,1H3. The minimum atomic E-state index is -3.13. The molecule has 0 aliphatic rings. The molecule has 86 valence electrons. The number of aldehydes is 1. The molecular weight excluding hydrogens is 242 g/mol. The zero-order chi connectivity index (χ0) is 12.3. The van der Waals surface area contributed by atoms with E-state index in [0.29, 0.717) is 0 Å².